The number of benzene rings is 1. The maximum Gasteiger partial charge on any atom is 0.126 e. The first-order valence-electron chi connectivity index (χ1n) is 4.19. The van der Waals surface area contributed by atoms with Crippen molar-refractivity contribution in [3.8, 4) is 11.8 Å². The average Bonchev–Trinajstić information content (AvgIpc) is 2.82. The second kappa shape index (κ2) is 3.06. The summed E-state index contributed by atoms with van der Waals surface area (Å²) in [6.07, 6.45) is 1.58. The van der Waals surface area contributed by atoms with Crippen LogP contribution in [0.2, 0.25) is 5.02 Å². The highest BCUT2D eigenvalue weighted by Gasteiger charge is 2.38. The van der Waals surface area contributed by atoms with Crippen molar-refractivity contribution in [1.29, 1.82) is 0 Å². The molecule has 0 saturated heterocycles. The van der Waals surface area contributed by atoms with Gasteiger partial charge in [0, 0.05) is 10.6 Å². The minimum absolute atomic E-state index is 0.676. The molecule has 0 bridgehead atoms. The van der Waals surface area contributed by atoms with Crippen molar-refractivity contribution in [1.82, 2.24) is 0 Å². The van der Waals surface area contributed by atoms with E-state index in [4.69, 9.17) is 11.6 Å². The Bertz CT molecular complexity index is 383. The van der Waals surface area contributed by atoms with Gasteiger partial charge in [-0.1, -0.05) is 29.5 Å². The molecule has 2 heteroatoms. The van der Waals surface area contributed by atoms with Gasteiger partial charge in [0.25, 0.3) is 0 Å². The number of aliphatic hydroxyl groups is 1. The summed E-state index contributed by atoms with van der Waals surface area (Å²) in [5.41, 5.74) is 0.148. The van der Waals surface area contributed by atoms with Crippen LogP contribution in [0.5, 0.6) is 0 Å². The van der Waals surface area contributed by atoms with E-state index in [9.17, 15) is 5.11 Å². The first-order valence-corrected chi connectivity index (χ1v) is 4.57. The first kappa shape index (κ1) is 8.62. The zero-order valence-electron chi connectivity index (χ0n) is 7.05. The zero-order valence-corrected chi connectivity index (χ0v) is 7.80. The highest BCUT2D eigenvalue weighted by molar-refractivity contribution is 6.30. The van der Waals surface area contributed by atoms with Crippen LogP contribution in [-0.2, 0) is 0 Å². The molecule has 1 saturated carbocycles. The van der Waals surface area contributed by atoms with Crippen molar-refractivity contribution in [2.24, 2.45) is 0 Å². The van der Waals surface area contributed by atoms with E-state index in [-0.39, 0.29) is 0 Å². The summed E-state index contributed by atoms with van der Waals surface area (Å²) >= 11 is 5.78. The van der Waals surface area contributed by atoms with E-state index in [0.29, 0.717) is 5.02 Å². The van der Waals surface area contributed by atoms with Crippen molar-refractivity contribution in [2.45, 2.75) is 18.4 Å². The zero-order chi connectivity index (χ0) is 9.31. The molecule has 66 valence electrons. The van der Waals surface area contributed by atoms with Crippen molar-refractivity contribution in [3.63, 3.8) is 0 Å². The molecule has 1 aromatic carbocycles. The predicted octanol–water partition coefficient (Wildman–Crippen LogP) is 2.22. The van der Waals surface area contributed by atoms with Crippen LogP contribution in [0.25, 0.3) is 0 Å². The lowest BCUT2D eigenvalue weighted by atomic mass is 10.2. The Morgan fingerprint density at radius 3 is 2.77 bits per heavy atom. The number of halogens is 1. The summed E-state index contributed by atoms with van der Waals surface area (Å²) in [4.78, 5) is 0. The summed E-state index contributed by atoms with van der Waals surface area (Å²) in [6, 6.07) is 7.33. The van der Waals surface area contributed by atoms with E-state index in [0.717, 1.165) is 18.4 Å². The second-order valence-corrected chi connectivity index (χ2v) is 3.73. The Morgan fingerprint density at radius 2 is 2.15 bits per heavy atom. The fourth-order valence-electron chi connectivity index (χ4n) is 0.998. The topological polar surface area (TPSA) is 20.2 Å². The molecular formula is C11H9ClO. The lowest BCUT2D eigenvalue weighted by Crippen LogP contribution is -2.00. The van der Waals surface area contributed by atoms with E-state index in [2.05, 4.69) is 11.8 Å². The average molecular weight is 193 g/mol. The molecule has 1 aliphatic carbocycles. The molecule has 13 heavy (non-hydrogen) atoms. The van der Waals surface area contributed by atoms with Crippen LogP contribution in [0.3, 0.4) is 0 Å². The first-order chi connectivity index (χ1) is 6.18. The molecule has 1 aliphatic rings. The number of rotatable bonds is 0. The molecule has 2 rings (SSSR count). The van der Waals surface area contributed by atoms with Crippen LogP contribution < -0.4 is 0 Å². The van der Waals surface area contributed by atoms with Gasteiger partial charge in [-0.05, 0) is 31.0 Å². The minimum Gasteiger partial charge on any atom is -0.378 e. The van der Waals surface area contributed by atoms with Gasteiger partial charge in [-0.25, -0.2) is 0 Å². The molecule has 0 spiro atoms. The van der Waals surface area contributed by atoms with E-state index in [1.807, 2.05) is 12.1 Å². The van der Waals surface area contributed by atoms with Gasteiger partial charge in [0.05, 0.1) is 0 Å². The van der Waals surface area contributed by atoms with Crippen molar-refractivity contribution in [3.05, 3.63) is 34.9 Å². The summed E-state index contributed by atoms with van der Waals surface area (Å²) in [5, 5.41) is 10.1. The van der Waals surface area contributed by atoms with Crippen molar-refractivity contribution in [2.75, 3.05) is 0 Å². The molecule has 1 aromatic rings. The third-order valence-electron chi connectivity index (χ3n) is 1.99. The second-order valence-electron chi connectivity index (χ2n) is 3.29. The summed E-state index contributed by atoms with van der Waals surface area (Å²) in [5.74, 6) is 5.73. The summed E-state index contributed by atoms with van der Waals surface area (Å²) < 4.78 is 0. The molecule has 1 N–H and O–H groups in total. The molecule has 0 atom stereocenters. The summed E-state index contributed by atoms with van der Waals surface area (Å²) in [6.45, 7) is 0. The highest BCUT2D eigenvalue weighted by atomic mass is 35.5. The van der Waals surface area contributed by atoms with Gasteiger partial charge in [-0.2, -0.15) is 0 Å². The Morgan fingerprint density at radius 1 is 1.38 bits per heavy atom. The maximum atomic E-state index is 9.45. The van der Waals surface area contributed by atoms with Gasteiger partial charge < -0.3 is 5.11 Å². The van der Waals surface area contributed by atoms with Crippen LogP contribution in [0.1, 0.15) is 18.4 Å². The SMILES string of the molecule is OC1(C#Cc2cccc(Cl)c2)CC1. The smallest absolute Gasteiger partial charge is 0.126 e. The van der Waals surface area contributed by atoms with Gasteiger partial charge in [0.1, 0.15) is 5.60 Å². The Labute approximate surface area is 82.3 Å². The van der Waals surface area contributed by atoms with E-state index in [1.165, 1.54) is 0 Å². The molecule has 0 amide bonds. The van der Waals surface area contributed by atoms with Gasteiger partial charge >= 0.3 is 0 Å². The van der Waals surface area contributed by atoms with Crippen LogP contribution in [-0.4, -0.2) is 10.7 Å². The molecule has 0 heterocycles. The molecule has 1 fully saturated rings. The van der Waals surface area contributed by atoms with Gasteiger partial charge in [0.2, 0.25) is 0 Å². The third kappa shape index (κ3) is 2.24. The highest BCUT2D eigenvalue weighted by Crippen LogP contribution is 2.33. The van der Waals surface area contributed by atoms with E-state index >= 15 is 0 Å². The minimum atomic E-state index is -0.706. The Balaban J connectivity index is 2.20. The fourth-order valence-corrected chi connectivity index (χ4v) is 1.19. The van der Waals surface area contributed by atoms with Crippen LogP contribution >= 0.6 is 11.6 Å². The predicted molar refractivity (Wildman–Crippen MR) is 52.5 cm³/mol. The quantitative estimate of drug-likeness (QED) is 0.625. The Kier molecular flexibility index (Phi) is 2.03. The molecule has 0 radical (unpaired) electrons. The lowest BCUT2D eigenvalue weighted by molar-refractivity contribution is 0.212. The van der Waals surface area contributed by atoms with Gasteiger partial charge in [-0.15, -0.1) is 0 Å². The Hall–Kier alpha value is -0.970. The maximum absolute atomic E-state index is 9.45. The monoisotopic (exact) mass is 192 g/mol. The molecule has 0 unspecified atom stereocenters. The molecule has 0 aliphatic heterocycles. The molecule has 0 aromatic heterocycles. The molecule has 1 nitrogen and oxygen atoms in total. The molecular weight excluding hydrogens is 184 g/mol. The summed E-state index contributed by atoms with van der Waals surface area (Å²) in [7, 11) is 0. The fraction of sp³-hybridized carbons (Fsp3) is 0.273. The van der Waals surface area contributed by atoms with E-state index < -0.39 is 5.60 Å². The van der Waals surface area contributed by atoms with Crippen LogP contribution in [0.15, 0.2) is 24.3 Å². The van der Waals surface area contributed by atoms with Crippen LogP contribution in [0, 0.1) is 11.8 Å². The standard InChI is InChI=1S/C11H9ClO/c12-10-3-1-2-9(8-10)4-5-11(13)6-7-11/h1-3,8,13H,6-7H2. The lowest BCUT2D eigenvalue weighted by Gasteiger charge is -1.93. The third-order valence-corrected chi connectivity index (χ3v) is 2.22. The van der Waals surface area contributed by atoms with Gasteiger partial charge in [-0.3, -0.25) is 0 Å². The van der Waals surface area contributed by atoms with Crippen molar-refractivity contribution < 1.29 is 5.11 Å². The number of hydrogen-bond donors (Lipinski definition) is 1. The van der Waals surface area contributed by atoms with Crippen LogP contribution in [0.4, 0.5) is 0 Å². The van der Waals surface area contributed by atoms with Crippen molar-refractivity contribution >= 4 is 11.6 Å². The number of hydrogen-bond acceptors (Lipinski definition) is 1. The van der Waals surface area contributed by atoms with Gasteiger partial charge in [0.15, 0.2) is 0 Å². The largest absolute Gasteiger partial charge is 0.378 e. The normalized spacial score (nSPS) is 17.4. The van der Waals surface area contributed by atoms with E-state index in [1.54, 1.807) is 12.1 Å².